The lowest BCUT2D eigenvalue weighted by molar-refractivity contribution is -0.122. The number of rotatable bonds is 10. The van der Waals surface area contributed by atoms with E-state index in [2.05, 4.69) is 15.1 Å². The number of nitrogens with zero attached hydrogens (tertiary/aromatic N) is 3. The average molecular weight is 413 g/mol. The molecule has 0 unspecified atom stereocenters. The normalized spacial score (nSPS) is 16.4. The summed E-state index contributed by atoms with van der Waals surface area (Å²) >= 11 is 0. The summed E-state index contributed by atoms with van der Waals surface area (Å²) in [6.07, 6.45) is 0.818. The molecule has 1 N–H and O–H groups in total. The van der Waals surface area contributed by atoms with Gasteiger partial charge in [-0.15, -0.1) is 0 Å². The summed E-state index contributed by atoms with van der Waals surface area (Å²) in [5, 5.41) is 2.91. The summed E-state index contributed by atoms with van der Waals surface area (Å²) in [7, 11) is 1.31. The first kappa shape index (κ1) is 22.8. The highest BCUT2D eigenvalue weighted by atomic mass is 32.2. The lowest BCUT2D eigenvalue weighted by Gasteiger charge is -2.34. The molecule has 1 heterocycles. The van der Waals surface area contributed by atoms with Gasteiger partial charge in [0.25, 0.3) is 0 Å². The fourth-order valence-electron chi connectivity index (χ4n) is 3.08. The highest BCUT2D eigenvalue weighted by Crippen LogP contribution is 2.16. The quantitative estimate of drug-likeness (QED) is 0.553. The number of carbonyl (C=O) groups is 1. The predicted octanol–water partition coefficient (Wildman–Crippen LogP) is 0.207. The van der Waals surface area contributed by atoms with Gasteiger partial charge in [-0.25, -0.2) is 12.7 Å². The maximum atomic E-state index is 12.3. The zero-order valence-corrected chi connectivity index (χ0v) is 17.9. The van der Waals surface area contributed by atoms with E-state index in [-0.39, 0.29) is 5.91 Å². The molecule has 0 radical (unpaired) electrons. The molecule has 8 nitrogen and oxygen atoms in total. The lowest BCUT2D eigenvalue weighted by Crippen LogP contribution is -2.49. The van der Waals surface area contributed by atoms with E-state index in [0.29, 0.717) is 31.1 Å². The topological polar surface area (TPSA) is 82.2 Å². The van der Waals surface area contributed by atoms with E-state index in [0.717, 1.165) is 38.2 Å². The standard InChI is InChI=1S/C19H32N4O4S/c1-21(2)28(25,26)18-7-4-6-17(14-18)15-22-9-11-23(12-10-22)16-19(24)20-8-5-13-27-3/h4,6-7,14H,5,8-13,15-16H2,1-3H3,(H,20,24). The third-order valence-electron chi connectivity index (χ3n) is 4.76. The van der Waals surface area contributed by atoms with Crippen molar-refractivity contribution in [1.29, 1.82) is 0 Å². The van der Waals surface area contributed by atoms with Crippen LogP contribution < -0.4 is 5.32 Å². The smallest absolute Gasteiger partial charge is 0.242 e. The predicted molar refractivity (Wildman–Crippen MR) is 109 cm³/mol. The first-order valence-electron chi connectivity index (χ1n) is 9.54. The number of nitrogens with one attached hydrogen (secondary N) is 1. The number of benzene rings is 1. The molecule has 2 rings (SSSR count). The van der Waals surface area contributed by atoms with Crippen molar-refractivity contribution < 1.29 is 17.9 Å². The molecule has 1 fully saturated rings. The number of hydrogen-bond acceptors (Lipinski definition) is 6. The molecule has 1 saturated heterocycles. The Hall–Kier alpha value is -1.52. The highest BCUT2D eigenvalue weighted by Gasteiger charge is 2.20. The van der Waals surface area contributed by atoms with Gasteiger partial charge < -0.3 is 10.1 Å². The molecule has 0 saturated carbocycles. The van der Waals surface area contributed by atoms with Crippen LogP contribution >= 0.6 is 0 Å². The summed E-state index contributed by atoms with van der Waals surface area (Å²) in [6, 6.07) is 7.11. The number of hydrogen-bond donors (Lipinski definition) is 1. The van der Waals surface area contributed by atoms with Crippen LogP contribution in [0.3, 0.4) is 0 Å². The van der Waals surface area contributed by atoms with E-state index in [1.807, 2.05) is 6.07 Å². The highest BCUT2D eigenvalue weighted by molar-refractivity contribution is 7.89. The second-order valence-corrected chi connectivity index (χ2v) is 9.34. The molecule has 1 aromatic rings. The second kappa shape index (κ2) is 10.9. The molecule has 1 aliphatic heterocycles. The van der Waals surface area contributed by atoms with Crippen molar-refractivity contribution in [1.82, 2.24) is 19.4 Å². The first-order valence-corrected chi connectivity index (χ1v) is 11.0. The minimum Gasteiger partial charge on any atom is -0.385 e. The monoisotopic (exact) mass is 412 g/mol. The minimum atomic E-state index is -3.42. The van der Waals surface area contributed by atoms with Gasteiger partial charge in [-0.1, -0.05) is 12.1 Å². The van der Waals surface area contributed by atoms with Crippen molar-refractivity contribution in [3.8, 4) is 0 Å². The average Bonchev–Trinajstić information content (AvgIpc) is 2.67. The minimum absolute atomic E-state index is 0.0474. The van der Waals surface area contributed by atoms with E-state index in [4.69, 9.17) is 4.74 Å². The van der Waals surface area contributed by atoms with Gasteiger partial charge in [0.05, 0.1) is 11.4 Å². The van der Waals surface area contributed by atoms with Gasteiger partial charge in [0.2, 0.25) is 15.9 Å². The van der Waals surface area contributed by atoms with Crippen molar-refractivity contribution in [2.24, 2.45) is 0 Å². The molecule has 0 atom stereocenters. The summed E-state index contributed by atoms with van der Waals surface area (Å²) in [4.78, 5) is 16.7. The van der Waals surface area contributed by atoms with Crippen molar-refractivity contribution >= 4 is 15.9 Å². The molecule has 0 bridgehead atoms. The van der Waals surface area contributed by atoms with Crippen LogP contribution in [0.15, 0.2) is 29.2 Å². The molecular formula is C19H32N4O4S. The van der Waals surface area contributed by atoms with Gasteiger partial charge in [0.1, 0.15) is 0 Å². The van der Waals surface area contributed by atoms with Crippen LogP contribution in [0.5, 0.6) is 0 Å². The Morgan fingerprint density at radius 3 is 2.50 bits per heavy atom. The molecular weight excluding hydrogens is 380 g/mol. The van der Waals surface area contributed by atoms with Crippen LogP contribution in [0.4, 0.5) is 0 Å². The first-order chi connectivity index (χ1) is 13.3. The van der Waals surface area contributed by atoms with Crippen molar-refractivity contribution in [2.45, 2.75) is 17.9 Å². The fraction of sp³-hybridized carbons (Fsp3) is 0.632. The summed E-state index contributed by atoms with van der Waals surface area (Å²) in [6.45, 7) is 5.74. The van der Waals surface area contributed by atoms with Gasteiger partial charge in [-0.3, -0.25) is 14.6 Å². The number of sulfonamides is 1. The van der Waals surface area contributed by atoms with Gasteiger partial charge in [0, 0.05) is 67.1 Å². The Labute approximate surface area is 168 Å². The molecule has 1 aliphatic rings. The summed E-state index contributed by atoms with van der Waals surface area (Å²) < 4.78 is 30.8. The van der Waals surface area contributed by atoms with Gasteiger partial charge in [0.15, 0.2) is 0 Å². The number of amides is 1. The van der Waals surface area contributed by atoms with Gasteiger partial charge in [-0.2, -0.15) is 0 Å². The van der Waals surface area contributed by atoms with Crippen LogP contribution in [-0.2, 0) is 26.1 Å². The molecule has 0 aromatic heterocycles. The Morgan fingerprint density at radius 1 is 1.18 bits per heavy atom. The van der Waals surface area contributed by atoms with Crippen LogP contribution in [0, 0.1) is 0 Å². The SMILES string of the molecule is COCCCNC(=O)CN1CCN(Cc2cccc(S(=O)(=O)N(C)C)c2)CC1. The van der Waals surface area contributed by atoms with Crippen molar-refractivity contribution in [3.05, 3.63) is 29.8 Å². The van der Waals surface area contributed by atoms with Crippen LogP contribution in [0.25, 0.3) is 0 Å². The number of methoxy groups -OCH3 is 1. The second-order valence-electron chi connectivity index (χ2n) is 7.18. The lowest BCUT2D eigenvalue weighted by atomic mass is 10.2. The maximum Gasteiger partial charge on any atom is 0.242 e. The van der Waals surface area contributed by atoms with Crippen LogP contribution in [0.2, 0.25) is 0 Å². The molecule has 9 heteroatoms. The molecule has 158 valence electrons. The Kier molecular flexibility index (Phi) is 8.84. The van der Waals surface area contributed by atoms with E-state index in [1.54, 1.807) is 25.3 Å². The van der Waals surface area contributed by atoms with E-state index < -0.39 is 10.0 Å². The summed E-state index contributed by atoms with van der Waals surface area (Å²) in [5.41, 5.74) is 0.979. The van der Waals surface area contributed by atoms with Crippen molar-refractivity contribution in [2.75, 3.05) is 67.1 Å². The zero-order chi connectivity index (χ0) is 20.6. The van der Waals surface area contributed by atoms with E-state index >= 15 is 0 Å². The Bertz CT molecular complexity index is 731. The third kappa shape index (κ3) is 6.82. The Balaban J connectivity index is 1.79. The molecule has 0 spiro atoms. The molecule has 1 aromatic carbocycles. The van der Waals surface area contributed by atoms with Gasteiger partial charge >= 0.3 is 0 Å². The van der Waals surface area contributed by atoms with E-state index in [1.165, 1.54) is 18.4 Å². The third-order valence-corrected chi connectivity index (χ3v) is 6.57. The Morgan fingerprint density at radius 2 is 1.86 bits per heavy atom. The van der Waals surface area contributed by atoms with Crippen molar-refractivity contribution in [3.63, 3.8) is 0 Å². The number of carbonyl (C=O) groups excluding carboxylic acids is 1. The molecule has 1 amide bonds. The van der Waals surface area contributed by atoms with Crippen LogP contribution in [-0.4, -0.2) is 95.5 Å². The number of ether oxygens (including phenoxy) is 1. The largest absolute Gasteiger partial charge is 0.385 e. The molecule has 0 aliphatic carbocycles. The van der Waals surface area contributed by atoms with E-state index in [9.17, 15) is 13.2 Å². The fourth-order valence-corrected chi connectivity index (χ4v) is 4.05. The zero-order valence-electron chi connectivity index (χ0n) is 17.1. The molecule has 28 heavy (non-hydrogen) atoms. The number of piperazine rings is 1. The van der Waals surface area contributed by atoms with Crippen LogP contribution in [0.1, 0.15) is 12.0 Å². The van der Waals surface area contributed by atoms with Gasteiger partial charge in [-0.05, 0) is 24.1 Å². The maximum absolute atomic E-state index is 12.3. The summed E-state index contributed by atoms with van der Waals surface area (Å²) in [5.74, 6) is 0.0474.